The monoisotopic (exact) mass is 230 g/mol. The van der Waals surface area contributed by atoms with Crippen molar-refractivity contribution in [1.29, 1.82) is 0 Å². The van der Waals surface area contributed by atoms with Gasteiger partial charge in [-0.05, 0) is 19.3 Å². The van der Waals surface area contributed by atoms with Gasteiger partial charge in [0.25, 0.3) is 0 Å². The van der Waals surface area contributed by atoms with E-state index in [0.717, 1.165) is 32.5 Å². The summed E-state index contributed by atoms with van der Waals surface area (Å²) in [5.74, 6) is -0.00111. The summed E-state index contributed by atoms with van der Waals surface area (Å²) >= 11 is 0. The van der Waals surface area contributed by atoms with Crippen molar-refractivity contribution < 1.29 is 14.6 Å². The Morgan fingerprint density at radius 2 is 2.19 bits per heavy atom. The molecule has 1 saturated heterocycles. The maximum Gasteiger partial charge on any atom is 0.234 e. The second kappa shape index (κ2) is 7.60. The lowest BCUT2D eigenvalue weighted by Crippen LogP contribution is -2.45. The zero-order chi connectivity index (χ0) is 11.8. The molecule has 3 N–H and O–H groups in total. The number of amides is 1. The molecule has 0 aromatic rings. The van der Waals surface area contributed by atoms with Crippen LogP contribution in [0.1, 0.15) is 26.2 Å². The molecule has 1 rings (SSSR count). The van der Waals surface area contributed by atoms with Crippen LogP contribution in [0.4, 0.5) is 0 Å². The smallest absolute Gasteiger partial charge is 0.234 e. The van der Waals surface area contributed by atoms with Gasteiger partial charge in [0, 0.05) is 25.3 Å². The van der Waals surface area contributed by atoms with Crippen molar-refractivity contribution in [3.05, 3.63) is 0 Å². The van der Waals surface area contributed by atoms with Crippen molar-refractivity contribution in [3.8, 4) is 0 Å². The topological polar surface area (TPSA) is 70.6 Å². The number of nitrogens with one attached hydrogen (secondary N) is 2. The Bertz CT molecular complexity index is 201. The third-order valence-electron chi connectivity index (χ3n) is 2.85. The lowest BCUT2D eigenvalue weighted by molar-refractivity contribution is -0.121. The molecule has 5 heteroatoms. The lowest BCUT2D eigenvalue weighted by Gasteiger charge is -2.23. The highest BCUT2D eigenvalue weighted by molar-refractivity contribution is 5.78. The van der Waals surface area contributed by atoms with E-state index >= 15 is 0 Å². The predicted octanol–water partition coefficient (Wildman–Crippen LogP) is -0.358. The number of aliphatic hydroxyl groups is 1. The maximum absolute atomic E-state index is 11.6. The molecule has 0 aromatic heterocycles. The summed E-state index contributed by atoms with van der Waals surface area (Å²) < 4.78 is 5.21. The van der Waals surface area contributed by atoms with Crippen molar-refractivity contribution >= 4 is 5.91 Å². The fourth-order valence-corrected chi connectivity index (χ4v) is 1.70. The van der Waals surface area contributed by atoms with Crippen LogP contribution in [-0.4, -0.2) is 49.5 Å². The molecule has 0 radical (unpaired) electrons. The van der Waals surface area contributed by atoms with E-state index in [1.54, 1.807) is 0 Å². The van der Waals surface area contributed by atoms with Gasteiger partial charge in [-0.2, -0.15) is 0 Å². The second-order valence-electron chi connectivity index (χ2n) is 4.12. The molecule has 94 valence electrons. The Labute approximate surface area is 96.6 Å². The minimum atomic E-state index is -0.00111. The van der Waals surface area contributed by atoms with Crippen molar-refractivity contribution in [2.75, 3.05) is 26.4 Å². The quantitative estimate of drug-likeness (QED) is 0.583. The SMILES string of the molecule is CCC(CO)NCC(=O)NC1CCOCC1. The number of carbonyl (C=O) groups is 1. The molecular formula is C11H22N2O3. The van der Waals surface area contributed by atoms with Gasteiger partial charge in [0.15, 0.2) is 0 Å². The van der Waals surface area contributed by atoms with E-state index in [-0.39, 0.29) is 31.1 Å². The van der Waals surface area contributed by atoms with Crippen molar-refractivity contribution in [2.45, 2.75) is 38.3 Å². The number of hydrogen-bond donors (Lipinski definition) is 3. The molecular weight excluding hydrogens is 208 g/mol. The fraction of sp³-hybridized carbons (Fsp3) is 0.909. The van der Waals surface area contributed by atoms with Gasteiger partial charge in [-0.1, -0.05) is 6.92 Å². The van der Waals surface area contributed by atoms with Gasteiger partial charge in [0.2, 0.25) is 5.91 Å². The number of ether oxygens (including phenoxy) is 1. The molecule has 0 spiro atoms. The zero-order valence-corrected chi connectivity index (χ0v) is 9.87. The highest BCUT2D eigenvalue weighted by atomic mass is 16.5. The standard InChI is InChI=1S/C11H22N2O3/c1-2-9(8-14)12-7-11(15)13-10-3-5-16-6-4-10/h9-10,12,14H,2-8H2,1H3,(H,13,15). The van der Waals surface area contributed by atoms with Gasteiger partial charge in [0.05, 0.1) is 13.2 Å². The predicted molar refractivity (Wildman–Crippen MR) is 61.2 cm³/mol. The van der Waals surface area contributed by atoms with Crippen LogP contribution in [0.25, 0.3) is 0 Å². The summed E-state index contributed by atoms with van der Waals surface area (Å²) in [5.41, 5.74) is 0. The third kappa shape index (κ3) is 4.92. The van der Waals surface area contributed by atoms with E-state index in [1.807, 2.05) is 6.92 Å². The van der Waals surface area contributed by atoms with Crippen LogP contribution in [0.15, 0.2) is 0 Å². The van der Waals surface area contributed by atoms with Gasteiger partial charge in [-0.25, -0.2) is 0 Å². The Kier molecular flexibility index (Phi) is 6.37. The normalized spacial score (nSPS) is 19.4. The Hall–Kier alpha value is -0.650. The van der Waals surface area contributed by atoms with Crippen molar-refractivity contribution in [3.63, 3.8) is 0 Å². The third-order valence-corrected chi connectivity index (χ3v) is 2.85. The van der Waals surface area contributed by atoms with E-state index in [9.17, 15) is 4.79 Å². The Morgan fingerprint density at radius 1 is 1.50 bits per heavy atom. The van der Waals surface area contributed by atoms with E-state index in [0.29, 0.717) is 0 Å². The average molecular weight is 230 g/mol. The summed E-state index contributed by atoms with van der Waals surface area (Å²) in [7, 11) is 0. The van der Waals surface area contributed by atoms with Crippen LogP contribution >= 0.6 is 0 Å². The zero-order valence-electron chi connectivity index (χ0n) is 9.87. The molecule has 1 unspecified atom stereocenters. The maximum atomic E-state index is 11.6. The lowest BCUT2D eigenvalue weighted by atomic mass is 10.1. The number of carbonyl (C=O) groups excluding carboxylic acids is 1. The van der Waals surface area contributed by atoms with Crippen molar-refractivity contribution in [2.24, 2.45) is 0 Å². The fourth-order valence-electron chi connectivity index (χ4n) is 1.70. The second-order valence-corrected chi connectivity index (χ2v) is 4.12. The molecule has 0 saturated carbocycles. The van der Waals surface area contributed by atoms with Gasteiger partial charge in [0.1, 0.15) is 0 Å². The van der Waals surface area contributed by atoms with Crippen LogP contribution in [0, 0.1) is 0 Å². The van der Waals surface area contributed by atoms with Gasteiger partial charge in [-0.15, -0.1) is 0 Å². The number of hydrogen-bond acceptors (Lipinski definition) is 4. The first-order valence-corrected chi connectivity index (χ1v) is 5.97. The number of aliphatic hydroxyl groups excluding tert-OH is 1. The minimum absolute atomic E-state index is 0.00111. The largest absolute Gasteiger partial charge is 0.395 e. The first-order valence-electron chi connectivity index (χ1n) is 5.97. The summed E-state index contributed by atoms with van der Waals surface area (Å²) in [6.45, 7) is 3.78. The van der Waals surface area contributed by atoms with Crippen LogP contribution in [0.5, 0.6) is 0 Å². The molecule has 16 heavy (non-hydrogen) atoms. The first kappa shape index (κ1) is 13.4. The van der Waals surface area contributed by atoms with Crippen LogP contribution in [-0.2, 0) is 9.53 Å². The Morgan fingerprint density at radius 3 is 2.75 bits per heavy atom. The molecule has 0 aliphatic carbocycles. The van der Waals surface area contributed by atoms with Gasteiger partial charge >= 0.3 is 0 Å². The van der Waals surface area contributed by atoms with Crippen LogP contribution < -0.4 is 10.6 Å². The van der Waals surface area contributed by atoms with E-state index in [1.165, 1.54) is 0 Å². The molecule has 1 atom stereocenters. The molecule has 1 aliphatic heterocycles. The molecule has 0 aromatic carbocycles. The number of rotatable bonds is 6. The molecule has 5 nitrogen and oxygen atoms in total. The molecule has 1 aliphatic rings. The van der Waals surface area contributed by atoms with Crippen LogP contribution in [0.2, 0.25) is 0 Å². The van der Waals surface area contributed by atoms with E-state index in [2.05, 4.69) is 10.6 Å². The van der Waals surface area contributed by atoms with Crippen LogP contribution in [0.3, 0.4) is 0 Å². The van der Waals surface area contributed by atoms with E-state index < -0.39 is 0 Å². The summed E-state index contributed by atoms with van der Waals surface area (Å²) in [6, 6.07) is 0.262. The first-order chi connectivity index (χ1) is 7.76. The van der Waals surface area contributed by atoms with Crippen molar-refractivity contribution in [1.82, 2.24) is 10.6 Å². The summed E-state index contributed by atoms with van der Waals surface area (Å²) in [5, 5.41) is 14.9. The highest BCUT2D eigenvalue weighted by Gasteiger charge is 2.16. The highest BCUT2D eigenvalue weighted by Crippen LogP contribution is 2.05. The summed E-state index contributed by atoms with van der Waals surface area (Å²) in [6.07, 6.45) is 2.60. The molecule has 1 fully saturated rings. The summed E-state index contributed by atoms with van der Waals surface area (Å²) in [4.78, 5) is 11.6. The van der Waals surface area contributed by atoms with Gasteiger partial charge in [-0.3, -0.25) is 4.79 Å². The minimum Gasteiger partial charge on any atom is -0.395 e. The molecule has 1 amide bonds. The van der Waals surface area contributed by atoms with Gasteiger partial charge < -0.3 is 20.5 Å². The molecule has 1 heterocycles. The Balaban J connectivity index is 2.14. The van der Waals surface area contributed by atoms with E-state index in [4.69, 9.17) is 9.84 Å². The molecule has 0 bridgehead atoms. The average Bonchev–Trinajstić information content (AvgIpc) is 2.31.